The molecule has 0 bridgehead atoms. The second-order valence-corrected chi connectivity index (χ2v) is 9.89. The summed E-state index contributed by atoms with van der Waals surface area (Å²) in [5.74, 6) is 0.955. The number of anilines is 3. The van der Waals surface area contributed by atoms with Gasteiger partial charge in [-0.3, -0.25) is 0 Å². The van der Waals surface area contributed by atoms with Crippen LogP contribution in [0.15, 0.2) is 42.5 Å². The van der Waals surface area contributed by atoms with Crippen LogP contribution >= 0.6 is 12.2 Å². The number of aromatic nitrogens is 1. The molecule has 5 nitrogen and oxygen atoms in total. The Morgan fingerprint density at radius 2 is 1.58 bits per heavy atom. The molecular weight excluding hydrogens is 426 g/mol. The number of hydrogen-bond donors (Lipinski definition) is 3. The molecule has 1 aromatic heterocycles. The van der Waals surface area contributed by atoms with Gasteiger partial charge >= 0.3 is 0 Å². The molecule has 3 N–H and O–H groups in total. The third kappa shape index (κ3) is 5.56. The van der Waals surface area contributed by atoms with Gasteiger partial charge in [-0.05, 0) is 87.5 Å². The summed E-state index contributed by atoms with van der Waals surface area (Å²) >= 11 is 5.62. The second-order valence-electron chi connectivity index (χ2n) is 9.48. The highest BCUT2D eigenvalue weighted by Gasteiger charge is 2.22. The Hall–Kier alpha value is -2.86. The highest BCUT2D eigenvalue weighted by Crippen LogP contribution is 2.29. The number of para-hydroxylation sites is 1. The number of rotatable bonds is 5. The highest BCUT2D eigenvalue weighted by atomic mass is 32.1. The van der Waals surface area contributed by atoms with Crippen molar-refractivity contribution in [3.05, 3.63) is 59.2 Å². The second kappa shape index (κ2) is 9.96. The van der Waals surface area contributed by atoms with Crippen molar-refractivity contribution in [2.75, 3.05) is 29.6 Å². The first-order chi connectivity index (χ1) is 15.8. The molecule has 174 valence electrons. The van der Waals surface area contributed by atoms with Crippen LogP contribution in [0, 0.1) is 20.8 Å². The van der Waals surface area contributed by atoms with Crippen molar-refractivity contribution in [3.8, 4) is 0 Å². The SMILES string of the molecule is Cc1cc(C)c(NC(=S)N[C@H]2CC[C@@H](Nc3cc(N(C)C)c4ccccc4n3)CC2)cc1C. The van der Waals surface area contributed by atoms with Gasteiger partial charge in [-0.25, -0.2) is 4.98 Å². The Morgan fingerprint density at radius 3 is 2.30 bits per heavy atom. The molecule has 2 aromatic carbocycles. The fraction of sp³-hybridized carbons (Fsp3) is 0.407. The van der Waals surface area contributed by atoms with Crippen molar-refractivity contribution in [1.29, 1.82) is 0 Å². The minimum absolute atomic E-state index is 0.400. The van der Waals surface area contributed by atoms with Crippen molar-refractivity contribution < 1.29 is 0 Å². The van der Waals surface area contributed by atoms with Crippen molar-refractivity contribution in [2.24, 2.45) is 0 Å². The molecule has 1 heterocycles. The van der Waals surface area contributed by atoms with Gasteiger partial charge in [0, 0.05) is 49.0 Å². The molecule has 0 spiro atoms. The van der Waals surface area contributed by atoms with E-state index in [0.717, 1.165) is 42.7 Å². The lowest BCUT2D eigenvalue weighted by atomic mass is 9.91. The van der Waals surface area contributed by atoms with Gasteiger partial charge in [0.1, 0.15) is 5.82 Å². The summed E-state index contributed by atoms with van der Waals surface area (Å²) in [4.78, 5) is 7.02. The highest BCUT2D eigenvalue weighted by molar-refractivity contribution is 7.80. The standard InChI is InChI=1S/C27H35N5S/c1-17-14-19(3)24(15-18(17)2)31-27(33)29-21-12-10-20(11-13-21)28-26-16-25(32(4)5)22-8-6-7-9-23(22)30-26/h6-9,14-16,20-21H,10-13H2,1-5H3,(H,28,30)(H2,29,31,33)/t20-,21+. The summed E-state index contributed by atoms with van der Waals surface area (Å²) in [7, 11) is 4.16. The van der Waals surface area contributed by atoms with Crippen LogP contribution in [0.4, 0.5) is 17.2 Å². The third-order valence-electron chi connectivity index (χ3n) is 6.68. The number of nitrogens with zero attached hydrogens (tertiary/aromatic N) is 2. The van der Waals surface area contributed by atoms with E-state index in [2.05, 4.69) is 92.1 Å². The van der Waals surface area contributed by atoms with Crippen LogP contribution < -0.4 is 20.9 Å². The smallest absolute Gasteiger partial charge is 0.171 e. The Bertz CT molecular complexity index is 1150. The van der Waals surface area contributed by atoms with Crippen LogP contribution in [0.2, 0.25) is 0 Å². The lowest BCUT2D eigenvalue weighted by molar-refractivity contribution is 0.388. The Morgan fingerprint density at radius 1 is 0.909 bits per heavy atom. The van der Waals surface area contributed by atoms with Gasteiger partial charge in [-0.2, -0.15) is 0 Å². The zero-order chi connectivity index (χ0) is 23.5. The topological polar surface area (TPSA) is 52.2 Å². The zero-order valence-corrected chi connectivity index (χ0v) is 21.1. The van der Waals surface area contributed by atoms with Gasteiger partial charge in [0.25, 0.3) is 0 Å². The van der Waals surface area contributed by atoms with Gasteiger partial charge in [-0.1, -0.05) is 24.3 Å². The predicted octanol–water partition coefficient (Wildman–Crippen LogP) is 5.94. The van der Waals surface area contributed by atoms with Gasteiger partial charge < -0.3 is 20.9 Å². The van der Waals surface area contributed by atoms with Gasteiger partial charge in [0.2, 0.25) is 0 Å². The molecule has 0 atom stereocenters. The van der Waals surface area contributed by atoms with Crippen LogP contribution in [0.3, 0.4) is 0 Å². The average molecular weight is 462 g/mol. The van der Waals surface area contributed by atoms with E-state index < -0.39 is 0 Å². The molecule has 0 radical (unpaired) electrons. The number of nitrogens with one attached hydrogen (secondary N) is 3. The molecule has 1 fully saturated rings. The van der Waals surface area contributed by atoms with Crippen LogP contribution in [0.25, 0.3) is 10.9 Å². The summed E-state index contributed by atoms with van der Waals surface area (Å²) in [6, 6.07) is 15.7. The van der Waals surface area contributed by atoms with Gasteiger partial charge in [0.05, 0.1) is 5.52 Å². The quantitative estimate of drug-likeness (QED) is 0.409. The summed E-state index contributed by atoms with van der Waals surface area (Å²) in [6.07, 6.45) is 4.35. The minimum atomic E-state index is 0.400. The van der Waals surface area contributed by atoms with E-state index in [0.29, 0.717) is 17.2 Å². The largest absolute Gasteiger partial charge is 0.377 e. The number of thiocarbonyl (C=S) groups is 1. The molecule has 3 aromatic rings. The third-order valence-corrected chi connectivity index (χ3v) is 6.90. The molecule has 1 aliphatic carbocycles. The summed E-state index contributed by atoms with van der Waals surface area (Å²) in [6.45, 7) is 6.40. The van der Waals surface area contributed by atoms with Crippen LogP contribution in [0.5, 0.6) is 0 Å². The molecule has 1 saturated carbocycles. The first-order valence-electron chi connectivity index (χ1n) is 11.8. The van der Waals surface area contributed by atoms with Gasteiger partial charge in [0.15, 0.2) is 5.11 Å². The molecule has 4 rings (SSSR count). The summed E-state index contributed by atoms with van der Waals surface area (Å²) in [5, 5.41) is 12.5. The van der Waals surface area contributed by atoms with Crippen molar-refractivity contribution in [2.45, 2.75) is 58.5 Å². The average Bonchev–Trinajstić information content (AvgIpc) is 2.78. The molecule has 0 aliphatic heterocycles. The first-order valence-corrected chi connectivity index (χ1v) is 12.2. The molecule has 1 aliphatic rings. The van der Waals surface area contributed by atoms with E-state index in [-0.39, 0.29) is 0 Å². The molecule has 0 amide bonds. The van der Waals surface area contributed by atoms with E-state index in [9.17, 15) is 0 Å². The Labute approximate surface area is 203 Å². The predicted molar refractivity (Wildman–Crippen MR) is 146 cm³/mol. The normalized spacial score (nSPS) is 18.1. The fourth-order valence-corrected chi connectivity index (χ4v) is 4.91. The van der Waals surface area contributed by atoms with E-state index in [4.69, 9.17) is 17.2 Å². The maximum atomic E-state index is 5.62. The van der Waals surface area contributed by atoms with Crippen molar-refractivity contribution >= 4 is 45.4 Å². The number of aryl methyl sites for hydroxylation is 3. The lowest BCUT2D eigenvalue weighted by Gasteiger charge is -2.31. The Balaban J connectivity index is 1.33. The van der Waals surface area contributed by atoms with Crippen LogP contribution in [-0.2, 0) is 0 Å². The summed E-state index contributed by atoms with van der Waals surface area (Å²) in [5.41, 5.74) is 7.11. The van der Waals surface area contributed by atoms with Crippen molar-refractivity contribution in [3.63, 3.8) is 0 Å². The molecular formula is C27H35N5S. The monoisotopic (exact) mass is 461 g/mol. The molecule has 33 heavy (non-hydrogen) atoms. The molecule has 0 unspecified atom stereocenters. The minimum Gasteiger partial charge on any atom is -0.377 e. The van der Waals surface area contributed by atoms with Crippen LogP contribution in [0.1, 0.15) is 42.4 Å². The Kier molecular flexibility index (Phi) is 7.03. The van der Waals surface area contributed by atoms with Gasteiger partial charge in [-0.15, -0.1) is 0 Å². The van der Waals surface area contributed by atoms with E-state index in [1.807, 2.05) is 6.07 Å². The lowest BCUT2D eigenvalue weighted by Crippen LogP contribution is -2.42. The molecule has 0 saturated heterocycles. The van der Waals surface area contributed by atoms with E-state index in [1.54, 1.807) is 0 Å². The number of fused-ring (bicyclic) bond motifs is 1. The van der Waals surface area contributed by atoms with E-state index in [1.165, 1.54) is 27.8 Å². The van der Waals surface area contributed by atoms with Crippen molar-refractivity contribution in [1.82, 2.24) is 10.3 Å². The maximum Gasteiger partial charge on any atom is 0.171 e. The number of benzene rings is 2. The zero-order valence-electron chi connectivity index (χ0n) is 20.3. The number of hydrogen-bond acceptors (Lipinski definition) is 4. The maximum absolute atomic E-state index is 5.62. The fourth-order valence-electron chi connectivity index (χ4n) is 4.63. The first kappa shape index (κ1) is 23.3. The number of pyridine rings is 1. The van der Waals surface area contributed by atoms with Crippen LogP contribution in [-0.4, -0.2) is 36.3 Å². The molecule has 6 heteroatoms. The summed E-state index contributed by atoms with van der Waals surface area (Å²) < 4.78 is 0. The van der Waals surface area contributed by atoms with E-state index >= 15 is 0 Å².